The minimum Gasteiger partial charge on any atom is -0.460 e. The van der Waals surface area contributed by atoms with E-state index in [1.165, 1.54) is 12.1 Å². The fourth-order valence-electron chi connectivity index (χ4n) is 4.12. The summed E-state index contributed by atoms with van der Waals surface area (Å²) in [5, 5.41) is 0. The number of esters is 1. The lowest BCUT2D eigenvalue weighted by Gasteiger charge is -2.39. The van der Waals surface area contributed by atoms with Crippen molar-refractivity contribution in [1.29, 1.82) is 0 Å². The average Bonchev–Trinajstić information content (AvgIpc) is 2.70. The highest BCUT2D eigenvalue weighted by Gasteiger charge is 2.36. The molecule has 1 aliphatic rings. The van der Waals surface area contributed by atoms with Gasteiger partial charge in [-0.2, -0.15) is 4.98 Å². The van der Waals surface area contributed by atoms with Crippen molar-refractivity contribution in [3.8, 4) is 11.3 Å². The fraction of sp³-hybridized carbons (Fsp3) is 0.519. The number of rotatable bonds is 6. The lowest BCUT2D eigenvalue weighted by molar-refractivity contribution is -0.290. The standard InChI is InChI=1S/C27H35FN2O5/c1-16(2)23-21(24(30-25(32)29-23)17-8-10-18(28)11-9-17)13-12-19-14-20(34-27(6,7)33-19)15-22(31)35-26(3,4)5/h8-13,16,19-20H,14-15H2,1-7H3,(H,29,30,32)/b13-12+/t19-,20-/m0/s1. The number of aromatic amines is 1. The Hall–Kier alpha value is -2.84. The lowest BCUT2D eigenvalue weighted by atomic mass is 9.97. The maximum Gasteiger partial charge on any atom is 0.345 e. The molecule has 3 rings (SSSR count). The van der Waals surface area contributed by atoms with Gasteiger partial charge in [0.05, 0.1) is 24.3 Å². The first-order valence-corrected chi connectivity index (χ1v) is 11.9. The van der Waals surface area contributed by atoms with Gasteiger partial charge in [0, 0.05) is 23.2 Å². The van der Waals surface area contributed by atoms with Gasteiger partial charge in [-0.05, 0) is 64.8 Å². The summed E-state index contributed by atoms with van der Waals surface area (Å²) in [4.78, 5) is 31.7. The van der Waals surface area contributed by atoms with E-state index < -0.39 is 17.1 Å². The number of aromatic nitrogens is 2. The maximum absolute atomic E-state index is 13.5. The molecule has 7 nitrogen and oxygen atoms in total. The van der Waals surface area contributed by atoms with Crippen molar-refractivity contribution >= 4 is 12.0 Å². The van der Waals surface area contributed by atoms with Gasteiger partial charge in [-0.15, -0.1) is 0 Å². The summed E-state index contributed by atoms with van der Waals surface area (Å²) in [6.07, 6.45) is 3.61. The van der Waals surface area contributed by atoms with Gasteiger partial charge in [0.2, 0.25) is 0 Å². The molecule has 0 saturated carbocycles. The van der Waals surface area contributed by atoms with Crippen molar-refractivity contribution in [2.75, 3.05) is 0 Å². The van der Waals surface area contributed by atoms with Gasteiger partial charge in [0.1, 0.15) is 11.4 Å². The Morgan fingerprint density at radius 1 is 1.26 bits per heavy atom. The highest BCUT2D eigenvalue weighted by molar-refractivity contribution is 5.73. The van der Waals surface area contributed by atoms with E-state index in [9.17, 15) is 14.0 Å². The van der Waals surface area contributed by atoms with Crippen LogP contribution in [0.15, 0.2) is 35.1 Å². The average molecular weight is 487 g/mol. The van der Waals surface area contributed by atoms with Crippen LogP contribution in [0.1, 0.15) is 78.5 Å². The number of carbonyl (C=O) groups is 1. The summed E-state index contributed by atoms with van der Waals surface area (Å²) in [7, 11) is 0. The molecule has 1 N–H and O–H groups in total. The van der Waals surface area contributed by atoms with Crippen molar-refractivity contribution in [2.24, 2.45) is 0 Å². The summed E-state index contributed by atoms with van der Waals surface area (Å²) in [5.41, 5.74) is 1.50. The van der Waals surface area contributed by atoms with E-state index in [2.05, 4.69) is 9.97 Å². The van der Waals surface area contributed by atoms with Crippen molar-refractivity contribution in [3.63, 3.8) is 0 Å². The van der Waals surface area contributed by atoms with Gasteiger partial charge in [-0.1, -0.05) is 26.0 Å². The van der Waals surface area contributed by atoms with Crippen molar-refractivity contribution < 1.29 is 23.4 Å². The molecule has 0 unspecified atom stereocenters. The largest absolute Gasteiger partial charge is 0.460 e. The van der Waals surface area contributed by atoms with Crippen LogP contribution in [0.5, 0.6) is 0 Å². The molecule has 2 atom stereocenters. The second-order valence-corrected chi connectivity index (χ2v) is 10.6. The highest BCUT2D eigenvalue weighted by atomic mass is 19.1. The zero-order chi connectivity index (χ0) is 26.0. The molecule has 0 spiro atoms. The Morgan fingerprint density at radius 2 is 1.91 bits per heavy atom. The number of benzene rings is 1. The second kappa shape index (κ2) is 10.4. The van der Waals surface area contributed by atoms with Crippen LogP contribution >= 0.6 is 0 Å². The summed E-state index contributed by atoms with van der Waals surface area (Å²) >= 11 is 0. The van der Waals surface area contributed by atoms with E-state index in [0.717, 1.165) is 11.3 Å². The fourth-order valence-corrected chi connectivity index (χ4v) is 4.12. The third kappa shape index (κ3) is 7.57. The number of halogens is 1. The Morgan fingerprint density at radius 3 is 2.51 bits per heavy atom. The number of ether oxygens (including phenoxy) is 3. The van der Waals surface area contributed by atoms with Crippen LogP contribution in [0.4, 0.5) is 4.39 Å². The first kappa shape index (κ1) is 26.8. The number of nitrogens with zero attached hydrogens (tertiary/aromatic N) is 1. The third-order valence-electron chi connectivity index (χ3n) is 5.37. The molecular formula is C27H35FN2O5. The first-order chi connectivity index (χ1) is 16.2. The monoisotopic (exact) mass is 486 g/mol. The van der Waals surface area contributed by atoms with Crippen LogP contribution in [-0.4, -0.2) is 39.5 Å². The van der Waals surface area contributed by atoms with Gasteiger partial charge >= 0.3 is 11.7 Å². The van der Waals surface area contributed by atoms with E-state index in [4.69, 9.17) is 14.2 Å². The van der Waals surface area contributed by atoms with Gasteiger partial charge in [-0.25, -0.2) is 9.18 Å². The first-order valence-electron chi connectivity index (χ1n) is 11.9. The Labute approximate surface area is 205 Å². The molecule has 2 aromatic rings. The molecule has 0 radical (unpaired) electrons. The van der Waals surface area contributed by atoms with E-state index in [1.54, 1.807) is 26.0 Å². The number of hydrogen-bond acceptors (Lipinski definition) is 6. The lowest BCUT2D eigenvalue weighted by Crippen LogP contribution is -2.45. The third-order valence-corrected chi connectivity index (χ3v) is 5.37. The summed E-state index contributed by atoms with van der Waals surface area (Å²) in [6.45, 7) is 13.0. The summed E-state index contributed by atoms with van der Waals surface area (Å²) in [6, 6.07) is 5.88. The predicted octanol–water partition coefficient (Wildman–Crippen LogP) is 5.35. The molecule has 1 fully saturated rings. The molecule has 1 aromatic carbocycles. The number of H-pyrrole nitrogens is 1. The molecule has 190 valence electrons. The Bertz CT molecular complexity index is 1130. The molecule has 2 heterocycles. The number of carbonyl (C=O) groups excluding carboxylic acids is 1. The van der Waals surface area contributed by atoms with Crippen molar-refractivity contribution in [1.82, 2.24) is 9.97 Å². The van der Waals surface area contributed by atoms with Crippen LogP contribution in [0.25, 0.3) is 17.3 Å². The quantitative estimate of drug-likeness (QED) is 0.553. The van der Waals surface area contributed by atoms with Gasteiger partial charge < -0.3 is 19.2 Å². The second-order valence-electron chi connectivity index (χ2n) is 10.6. The summed E-state index contributed by atoms with van der Waals surface area (Å²) in [5.74, 6) is -1.58. The van der Waals surface area contributed by atoms with Gasteiger partial charge in [0.15, 0.2) is 5.79 Å². The molecule has 0 aliphatic carbocycles. The van der Waals surface area contributed by atoms with Crippen LogP contribution in [-0.2, 0) is 19.0 Å². The van der Waals surface area contributed by atoms with Crippen LogP contribution in [0.3, 0.4) is 0 Å². The molecule has 1 saturated heterocycles. The van der Waals surface area contributed by atoms with E-state index in [-0.39, 0.29) is 36.3 Å². The Balaban J connectivity index is 1.92. The maximum atomic E-state index is 13.5. The SMILES string of the molecule is CC(C)c1[nH]c(=O)nc(-c2ccc(F)cc2)c1/C=C/[C@H]1C[C@@H](CC(=O)OC(C)(C)C)OC(C)(C)O1. The Kier molecular flexibility index (Phi) is 7.97. The minimum absolute atomic E-state index is 0.0107. The molecule has 0 amide bonds. The van der Waals surface area contributed by atoms with Gasteiger partial charge in [0.25, 0.3) is 0 Å². The van der Waals surface area contributed by atoms with Crippen LogP contribution in [0.2, 0.25) is 0 Å². The molecule has 1 aromatic heterocycles. The zero-order valence-electron chi connectivity index (χ0n) is 21.5. The highest BCUT2D eigenvalue weighted by Crippen LogP contribution is 2.32. The normalized spacial score (nSPS) is 20.4. The molecule has 0 bridgehead atoms. The predicted molar refractivity (Wildman–Crippen MR) is 132 cm³/mol. The van der Waals surface area contributed by atoms with Crippen molar-refractivity contribution in [2.45, 2.75) is 90.8 Å². The zero-order valence-corrected chi connectivity index (χ0v) is 21.5. The van der Waals surface area contributed by atoms with Crippen LogP contribution < -0.4 is 5.69 Å². The van der Waals surface area contributed by atoms with E-state index in [0.29, 0.717) is 17.7 Å². The van der Waals surface area contributed by atoms with E-state index >= 15 is 0 Å². The topological polar surface area (TPSA) is 90.5 Å². The van der Waals surface area contributed by atoms with Gasteiger partial charge in [-0.3, -0.25) is 4.79 Å². The minimum atomic E-state index is -0.899. The molecular weight excluding hydrogens is 451 g/mol. The smallest absolute Gasteiger partial charge is 0.345 e. The molecule has 8 heteroatoms. The molecule has 35 heavy (non-hydrogen) atoms. The van der Waals surface area contributed by atoms with Crippen molar-refractivity contribution in [3.05, 3.63) is 57.9 Å². The summed E-state index contributed by atoms with van der Waals surface area (Å²) < 4.78 is 31.0. The molecule has 1 aliphatic heterocycles. The van der Waals surface area contributed by atoms with Crippen LogP contribution in [0, 0.1) is 5.82 Å². The number of nitrogens with one attached hydrogen (secondary N) is 1. The number of hydrogen-bond donors (Lipinski definition) is 1. The van der Waals surface area contributed by atoms with E-state index in [1.807, 2.05) is 46.8 Å².